The van der Waals surface area contributed by atoms with Gasteiger partial charge in [-0.15, -0.1) is 0 Å². The van der Waals surface area contributed by atoms with Crippen molar-refractivity contribution in [1.29, 1.82) is 0 Å². The van der Waals surface area contributed by atoms with Crippen LogP contribution in [0.2, 0.25) is 0 Å². The second kappa shape index (κ2) is 6.72. The lowest BCUT2D eigenvalue weighted by atomic mass is 10.0. The van der Waals surface area contributed by atoms with E-state index in [1.165, 1.54) is 6.92 Å². The molecular weight excluding hydrogens is 282 g/mol. The SMILES string of the molecule is CC(=O)NCC(O)C(O)c1cccc(-n2nc(C)cc2C)c1. The Labute approximate surface area is 129 Å². The molecule has 22 heavy (non-hydrogen) atoms. The van der Waals surface area contributed by atoms with E-state index < -0.39 is 12.2 Å². The molecule has 3 N–H and O–H groups in total. The fourth-order valence-electron chi connectivity index (χ4n) is 2.31. The molecule has 6 nitrogen and oxygen atoms in total. The fraction of sp³-hybridized carbons (Fsp3) is 0.375. The number of aliphatic hydroxyl groups is 2. The minimum atomic E-state index is -1.08. The molecule has 0 radical (unpaired) electrons. The van der Waals surface area contributed by atoms with Gasteiger partial charge in [0.25, 0.3) is 0 Å². The molecule has 2 atom stereocenters. The number of benzene rings is 1. The lowest BCUT2D eigenvalue weighted by Crippen LogP contribution is -2.34. The Morgan fingerprint density at radius 1 is 1.32 bits per heavy atom. The average molecular weight is 303 g/mol. The van der Waals surface area contributed by atoms with Crippen molar-refractivity contribution in [1.82, 2.24) is 15.1 Å². The summed E-state index contributed by atoms with van der Waals surface area (Å²) in [7, 11) is 0. The van der Waals surface area contributed by atoms with Gasteiger partial charge in [-0.1, -0.05) is 12.1 Å². The lowest BCUT2D eigenvalue weighted by molar-refractivity contribution is -0.119. The van der Waals surface area contributed by atoms with E-state index in [2.05, 4.69) is 10.4 Å². The number of aliphatic hydroxyl groups excluding tert-OH is 2. The number of hydrogen-bond donors (Lipinski definition) is 3. The Bertz CT molecular complexity index is 666. The molecule has 0 aliphatic heterocycles. The number of carbonyl (C=O) groups excluding carboxylic acids is 1. The van der Waals surface area contributed by atoms with Crippen LogP contribution in [-0.2, 0) is 4.79 Å². The van der Waals surface area contributed by atoms with Gasteiger partial charge in [-0.25, -0.2) is 4.68 Å². The monoisotopic (exact) mass is 303 g/mol. The molecule has 2 unspecified atom stereocenters. The van der Waals surface area contributed by atoms with Gasteiger partial charge in [0.05, 0.1) is 11.4 Å². The Kier molecular flexibility index (Phi) is 4.95. The van der Waals surface area contributed by atoms with Crippen molar-refractivity contribution in [2.75, 3.05) is 6.54 Å². The van der Waals surface area contributed by atoms with E-state index in [1.54, 1.807) is 22.9 Å². The molecule has 1 aromatic heterocycles. The topological polar surface area (TPSA) is 87.4 Å². The first-order valence-electron chi connectivity index (χ1n) is 7.12. The van der Waals surface area contributed by atoms with Crippen LogP contribution in [0.1, 0.15) is 30.0 Å². The number of rotatable bonds is 5. The van der Waals surface area contributed by atoms with E-state index in [9.17, 15) is 15.0 Å². The molecule has 6 heteroatoms. The zero-order valence-electron chi connectivity index (χ0n) is 12.9. The van der Waals surface area contributed by atoms with Gasteiger partial charge in [-0.3, -0.25) is 4.79 Å². The number of amides is 1. The standard InChI is InChI=1S/C16H21N3O3/c1-10-7-11(2)19(18-10)14-6-4-5-13(8-14)16(22)15(21)9-17-12(3)20/h4-8,15-16,21-22H,9H2,1-3H3,(H,17,20). The highest BCUT2D eigenvalue weighted by molar-refractivity contribution is 5.72. The zero-order chi connectivity index (χ0) is 16.3. The predicted octanol–water partition coefficient (Wildman–Crippen LogP) is 1.02. The highest BCUT2D eigenvalue weighted by Crippen LogP contribution is 2.21. The maximum absolute atomic E-state index is 10.9. The Morgan fingerprint density at radius 2 is 2.05 bits per heavy atom. The number of nitrogens with zero attached hydrogens (tertiary/aromatic N) is 2. The first-order valence-corrected chi connectivity index (χ1v) is 7.12. The minimum absolute atomic E-state index is 0.000628. The number of aromatic nitrogens is 2. The predicted molar refractivity (Wildman–Crippen MR) is 82.7 cm³/mol. The normalized spacial score (nSPS) is 13.7. The van der Waals surface area contributed by atoms with Crippen LogP contribution in [-0.4, -0.2) is 38.5 Å². The van der Waals surface area contributed by atoms with Crippen molar-refractivity contribution in [3.8, 4) is 5.69 Å². The fourth-order valence-corrected chi connectivity index (χ4v) is 2.31. The average Bonchev–Trinajstić information content (AvgIpc) is 2.82. The first kappa shape index (κ1) is 16.2. The summed E-state index contributed by atoms with van der Waals surface area (Å²) in [6.07, 6.45) is -2.15. The number of carbonyl (C=O) groups is 1. The largest absolute Gasteiger partial charge is 0.388 e. The molecule has 0 spiro atoms. The molecule has 0 fully saturated rings. The Hall–Kier alpha value is -2.18. The first-order chi connectivity index (χ1) is 10.4. The summed E-state index contributed by atoms with van der Waals surface area (Å²) in [5.41, 5.74) is 3.29. The summed E-state index contributed by atoms with van der Waals surface area (Å²) in [5.74, 6) is -0.248. The van der Waals surface area contributed by atoms with Crippen molar-refractivity contribution in [3.05, 3.63) is 47.3 Å². The highest BCUT2D eigenvalue weighted by atomic mass is 16.3. The number of nitrogens with one attached hydrogen (secondary N) is 1. The van der Waals surface area contributed by atoms with Crippen molar-refractivity contribution < 1.29 is 15.0 Å². The maximum Gasteiger partial charge on any atom is 0.216 e. The second-order valence-electron chi connectivity index (χ2n) is 5.38. The van der Waals surface area contributed by atoms with Gasteiger partial charge in [0.15, 0.2) is 0 Å². The van der Waals surface area contributed by atoms with Gasteiger partial charge in [0, 0.05) is 19.2 Å². The lowest BCUT2D eigenvalue weighted by Gasteiger charge is -2.19. The Balaban J connectivity index is 2.20. The van der Waals surface area contributed by atoms with E-state index in [0.29, 0.717) is 5.56 Å². The molecule has 0 aliphatic carbocycles. The third-order valence-electron chi connectivity index (χ3n) is 3.39. The van der Waals surface area contributed by atoms with E-state index in [4.69, 9.17) is 0 Å². The van der Waals surface area contributed by atoms with Gasteiger partial charge < -0.3 is 15.5 Å². The van der Waals surface area contributed by atoms with Crippen molar-refractivity contribution in [3.63, 3.8) is 0 Å². The smallest absolute Gasteiger partial charge is 0.216 e. The number of aryl methyl sites for hydroxylation is 2. The van der Waals surface area contributed by atoms with Crippen LogP contribution in [0.25, 0.3) is 5.69 Å². The van der Waals surface area contributed by atoms with Crippen LogP contribution in [0.5, 0.6) is 0 Å². The van der Waals surface area contributed by atoms with E-state index >= 15 is 0 Å². The quantitative estimate of drug-likeness (QED) is 0.769. The zero-order valence-corrected chi connectivity index (χ0v) is 12.9. The maximum atomic E-state index is 10.9. The minimum Gasteiger partial charge on any atom is -0.388 e. The van der Waals surface area contributed by atoms with Crippen molar-refractivity contribution in [2.24, 2.45) is 0 Å². The molecule has 1 amide bonds. The molecule has 2 aromatic rings. The molecule has 0 aliphatic rings. The molecule has 2 rings (SSSR count). The van der Waals surface area contributed by atoms with Gasteiger partial charge in [-0.05, 0) is 37.6 Å². The van der Waals surface area contributed by atoms with E-state index in [1.807, 2.05) is 26.0 Å². The van der Waals surface area contributed by atoms with Crippen LogP contribution < -0.4 is 5.32 Å². The second-order valence-corrected chi connectivity index (χ2v) is 5.38. The molecule has 0 saturated heterocycles. The third-order valence-corrected chi connectivity index (χ3v) is 3.39. The Morgan fingerprint density at radius 3 is 2.64 bits per heavy atom. The van der Waals surface area contributed by atoms with Gasteiger partial charge >= 0.3 is 0 Å². The van der Waals surface area contributed by atoms with E-state index in [-0.39, 0.29) is 12.5 Å². The van der Waals surface area contributed by atoms with Gasteiger partial charge in [0.2, 0.25) is 5.91 Å². The summed E-state index contributed by atoms with van der Waals surface area (Å²) in [4.78, 5) is 10.9. The molecular formula is C16H21N3O3. The molecule has 1 aromatic carbocycles. The van der Waals surface area contributed by atoms with Gasteiger partial charge in [-0.2, -0.15) is 5.10 Å². The van der Waals surface area contributed by atoms with Crippen LogP contribution in [0.3, 0.4) is 0 Å². The van der Waals surface area contributed by atoms with Crippen molar-refractivity contribution >= 4 is 5.91 Å². The third kappa shape index (κ3) is 3.72. The van der Waals surface area contributed by atoms with Crippen molar-refractivity contribution in [2.45, 2.75) is 33.0 Å². The van der Waals surface area contributed by atoms with Crippen LogP contribution in [0.4, 0.5) is 0 Å². The van der Waals surface area contributed by atoms with Crippen LogP contribution in [0, 0.1) is 13.8 Å². The number of hydrogen-bond acceptors (Lipinski definition) is 4. The van der Waals surface area contributed by atoms with E-state index in [0.717, 1.165) is 17.1 Å². The summed E-state index contributed by atoms with van der Waals surface area (Å²) in [6.45, 7) is 5.23. The highest BCUT2D eigenvalue weighted by Gasteiger charge is 2.19. The summed E-state index contributed by atoms with van der Waals surface area (Å²) >= 11 is 0. The molecule has 1 heterocycles. The molecule has 0 bridgehead atoms. The van der Waals surface area contributed by atoms with Crippen LogP contribution in [0.15, 0.2) is 30.3 Å². The van der Waals surface area contributed by atoms with Crippen LogP contribution >= 0.6 is 0 Å². The summed E-state index contributed by atoms with van der Waals surface area (Å²) in [5, 5.41) is 27.1. The summed E-state index contributed by atoms with van der Waals surface area (Å²) < 4.78 is 1.78. The van der Waals surface area contributed by atoms with Gasteiger partial charge in [0.1, 0.15) is 12.2 Å². The molecule has 0 saturated carbocycles. The summed E-state index contributed by atoms with van der Waals surface area (Å²) in [6, 6.07) is 9.16. The molecule has 118 valence electrons.